The third-order valence-electron chi connectivity index (χ3n) is 6.47. The number of hydrogen-bond acceptors (Lipinski definition) is 7. The molecule has 4 aromatic rings. The molecule has 2 N–H and O–H groups in total. The van der Waals surface area contributed by atoms with Gasteiger partial charge < -0.3 is 19.7 Å². The fourth-order valence-electron chi connectivity index (χ4n) is 4.64. The molecular weight excluding hydrogens is 458 g/mol. The maximum Gasteiger partial charge on any atom is 0.408 e. The number of nitrogens with zero attached hydrogens (tertiary/aromatic N) is 5. The van der Waals surface area contributed by atoms with Crippen molar-refractivity contribution in [2.75, 3.05) is 24.6 Å². The van der Waals surface area contributed by atoms with Gasteiger partial charge in [-0.3, -0.25) is 5.10 Å². The smallest absolute Gasteiger partial charge is 0.408 e. The first-order valence-electron chi connectivity index (χ1n) is 12.3. The summed E-state index contributed by atoms with van der Waals surface area (Å²) in [6, 6.07) is 6.16. The number of rotatable bonds is 5. The third-order valence-corrected chi connectivity index (χ3v) is 6.47. The van der Waals surface area contributed by atoms with Crippen LogP contribution in [0.2, 0.25) is 0 Å². The third kappa shape index (κ3) is 4.80. The lowest BCUT2D eigenvalue weighted by Crippen LogP contribution is -2.54. The molecule has 4 aromatic heterocycles. The lowest BCUT2D eigenvalue weighted by molar-refractivity contribution is 0.0448. The van der Waals surface area contributed by atoms with Gasteiger partial charge in [0.25, 0.3) is 0 Å². The lowest BCUT2D eigenvalue weighted by Gasteiger charge is -2.40. The van der Waals surface area contributed by atoms with Gasteiger partial charge in [0.15, 0.2) is 5.65 Å². The van der Waals surface area contributed by atoms with E-state index in [1.54, 1.807) is 6.20 Å². The Morgan fingerprint density at radius 1 is 1.22 bits per heavy atom. The van der Waals surface area contributed by atoms with Gasteiger partial charge in [-0.15, -0.1) is 5.10 Å². The second-order valence-electron chi connectivity index (χ2n) is 10.5. The highest BCUT2D eigenvalue weighted by Gasteiger charge is 2.33. The van der Waals surface area contributed by atoms with Gasteiger partial charge in [0.1, 0.15) is 17.2 Å². The van der Waals surface area contributed by atoms with E-state index >= 15 is 0 Å². The molecule has 0 bridgehead atoms. The molecule has 5 rings (SSSR count). The summed E-state index contributed by atoms with van der Waals surface area (Å²) in [6.45, 7) is 11.8. The number of nitrogens with one attached hydrogen (secondary N) is 2. The van der Waals surface area contributed by atoms with Crippen LogP contribution in [-0.4, -0.2) is 61.7 Å². The van der Waals surface area contributed by atoms with E-state index in [1.807, 2.05) is 56.7 Å². The molecule has 5 heterocycles. The first kappa shape index (κ1) is 23.9. The fourth-order valence-corrected chi connectivity index (χ4v) is 4.64. The van der Waals surface area contributed by atoms with E-state index in [2.05, 4.69) is 38.5 Å². The first-order valence-corrected chi connectivity index (χ1v) is 12.3. The summed E-state index contributed by atoms with van der Waals surface area (Å²) in [5.41, 5.74) is 2.83. The second-order valence-corrected chi connectivity index (χ2v) is 10.5. The summed E-state index contributed by atoms with van der Waals surface area (Å²) in [4.78, 5) is 19.3. The standard InChI is InChI=1S/C26H33N7O3/c1-6-35-18-13-19(22-20-15-28-30-23(20)31-33(22)16-18)17-7-8-21(27-14-17)32-11-9-26(5,10-12-32)29-24(34)36-25(2,3)4/h7-8,13-16H,6,9-12H2,1-5H3,(H,29,34)(H,30,31). The minimum absolute atomic E-state index is 0.304. The predicted octanol–water partition coefficient (Wildman–Crippen LogP) is 4.55. The van der Waals surface area contributed by atoms with Gasteiger partial charge in [-0.1, -0.05) is 0 Å². The molecule has 0 spiro atoms. The lowest BCUT2D eigenvalue weighted by atomic mass is 9.90. The van der Waals surface area contributed by atoms with Crippen molar-refractivity contribution in [2.24, 2.45) is 0 Å². The Hall–Kier alpha value is -3.82. The number of pyridine rings is 2. The molecule has 0 radical (unpaired) electrons. The Balaban J connectivity index is 1.34. The topological polar surface area (TPSA) is 110 Å². The summed E-state index contributed by atoms with van der Waals surface area (Å²) < 4.78 is 13.1. The van der Waals surface area contributed by atoms with Gasteiger partial charge in [-0.2, -0.15) is 5.10 Å². The largest absolute Gasteiger partial charge is 0.492 e. The van der Waals surface area contributed by atoms with Gasteiger partial charge >= 0.3 is 6.09 Å². The van der Waals surface area contributed by atoms with Crippen molar-refractivity contribution in [1.82, 2.24) is 30.1 Å². The second kappa shape index (κ2) is 9.00. The Morgan fingerprint density at radius 2 is 2.00 bits per heavy atom. The average Bonchev–Trinajstić information content (AvgIpc) is 3.39. The molecule has 10 nitrogen and oxygen atoms in total. The van der Waals surface area contributed by atoms with Crippen LogP contribution >= 0.6 is 0 Å². The summed E-state index contributed by atoms with van der Waals surface area (Å²) >= 11 is 0. The van der Waals surface area contributed by atoms with Gasteiger partial charge in [0, 0.05) is 36.0 Å². The quantitative estimate of drug-likeness (QED) is 0.421. The highest BCUT2D eigenvalue weighted by Crippen LogP contribution is 2.34. The zero-order chi connectivity index (χ0) is 25.5. The van der Waals surface area contributed by atoms with Crippen molar-refractivity contribution in [3.8, 4) is 16.9 Å². The highest BCUT2D eigenvalue weighted by atomic mass is 16.6. The summed E-state index contributed by atoms with van der Waals surface area (Å²) in [5.74, 6) is 1.66. The van der Waals surface area contributed by atoms with E-state index in [1.165, 1.54) is 0 Å². The number of aromatic nitrogens is 5. The molecule has 36 heavy (non-hydrogen) atoms. The van der Waals surface area contributed by atoms with Crippen LogP contribution in [0, 0.1) is 0 Å². The van der Waals surface area contributed by atoms with Crippen LogP contribution in [0.5, 0.6) is 5.75 Å². The van der Waals surface area contributed by atoms with E-state index in [-0.39, 0.29) is 11.6 Å². The van der Waals surface area contributed by atoms with Crippen LogP contribution in [0.4, 0.5) is 10.6 Å². The van der Waals surface area contributed by atoms with Crippen LogP contribution in [0.1, 0.15) is 47.5 Å². The van der Waals surface area contributed by atoms with Crippen LogP contribution in [0.3, 0.4) is 0 Å². The summed E-state index contributed by atoms with van der Waals surface area (Å²) in [6.07, 6.45) is 6.81. The van der Waals surface area contributed by atoms with E-state index in [9.17, 15) is 4.79 Å². The van der Waals surface area contributed by atoms with E-state index in [0.29, 0.717) is 6.61 Å². The number of fused-ring (bicyclic) bond motifs is 3. The number of H-pyrrole nitrogens is 1. The maximum absolute atomic E-state index is 12.3. The Morgan fingerprint density at radius 3 is 2.67 bits per heavy atom. The average molecular weight is 492 g/mol. The molecule has 190 valence electrons. The molecule has 0 aromatic carbocycles. The predicted molar refractivity (Wildman–Crippen MR) is 138 cm³/mol. The molecule has 1 fully saturated rings. The number of hydrogen-bond donors (Lipinski definition) is 2. The molecule has 10 heteroatoms. The normalized spacial score (nSPS) is 15.9. The number of aromatic amines is 1. The monoisotopic (exact) mass is 491 g/mol. The molecular formula is C26H33N7O3. The van der Waals surface area contributed by atoms with Crippen LogP contribution in [-0.2, 0) is 4.74 Å². The number of ether oxygens (including phenoxy) is 2. The number of anilines is 1. The molecule has 1 amide bonds. The molecule has 0 unspecified atom stereocenters. The summed E-state index contributed by atoms with van der Waals surface area (Å²) in [5, 5.41) is 15.7. The Kier molecular flexibility index (Phi) is 5.97. The number of carbonyl (C=O) groups excluding carboxylic acids is 1. The Bertz CT molecular complexity index is 1380. The maximum atomic E-state index is 12.3. The minimum Gasteiger partial charge on any atom is -0.492 e. The molecule has 0 atom stereocenters. The van der Waals surface area contributed by atoms with Crippen molar-refractivity contribution >= 4 is 28.5 Å². The molecule has 1 aliphatic rings. The van der Waals surface area contributed by atoms with Gasteiger partial charge in [-0.05, 0) is 65.7 Å². The van der Waals surface area contributed by atoms with E-state index < -0.39 is 5.60 Å². The molecule has 1 saturated heterocycles. The van der Waals surface area contributed by atoms with Crippen LogP contribution in [0.15, 0.2) is 36.8 Å². The minimum atomic E-state index is -0.513. The SMILES string of the molecule is CCOc1cc(-c2ccc(N3CCC(C)(NC(=O)OC(C)(C)C)CC3)nc2)c2c3cn[nH]c3nn2c1. The zero-order valence-electron chi connectivity index (χ0n) is 21.5. The molecule has 0 aliphatic carbocycles. The van der Waals surface area contributed by atoms with Crippen LogP contribution < -0.4 is 15.0 Å². The highest BCUT2D eigenvalue weighted by molar-refractivity contribution is 6.00. The first-order chi connectivity index (χ1) is 17.1. The Labute approximate surface area is 210 Å². The van der Waals surface area contributed by atoms with Crippen molar-refractivity contribution in [2.45, 2.75) is 58.6 Å². The van der Waals surface area contributed by atoms with Crippen molar-refractivity contribution in [1.29, 1.82) is 0 Å². The van der Waals surface area contributed by atoms with Gasteiger partial charge in [0.05, 0.1) is 29.9 Å². The number of amides is 1. The molecule has 1 aliphatic heterocycles. The van der Waals surface area contributed by atoms with Gasteiger partial charge in [-0.25, -0.2) is 14.3 Å². The zero-order valence-corrected chi connectivity index (χ0v) is 21.5. The number of piperidine rings is 1. The molecule has 0 saturated carbocycles. The van der Waals surface area contributed by atoms with Crippen LogP contribution in [0.25, 0.3) is 27.7 Å². The van der Waals surface area contributed by atoms with Crippen molar-refractivity contribution in [3.05, 3.63) is 36.8 Å². The van der Waals surface area contributed by atoms with Gasteiger partial charge in [0.2, 0.25) is 0 Å². The summed E-state index contributed by atoms with van der Waals surface area (Å²) in [7, 11) is 0. The fraction of sp³-hybridized carbons (Fsp3) is 0.462. The van der Waals surface area contributed by atoms with Crippen molar-refractivity contribution < 1.29 is 14.3 Å². The number of alkyl carbamates (subject to hydrolysis) is 1. The van der Waals surface area contributed by atoms with E-state index in [0.717, 1.165) is 65.2 Å². The van der Waals surface area contributed by atoms with E-state index in [4.69, 9.17) is 14.5 Å². The number of carbonyl (C=O) groups is 1. The van der Waals surface area contributed by atoms with Crippen molar-refractivity contribution in [3.63, 3.8) is 0 Å².